The van der Waals surface area contributed by atoms with Gasteiger partial charge in [0.15, 0.2) is 12.4 Å². The number of nitro benzene ring substituents is 1. The van der Waals surface area contributed by atoms with Gasteiger partial charge in [-0.2, -0.15) is 5.10 Å². The fourth-order valence-corrected chi connectivity index (χ4v) is 3.91. The predicted molar refractivity (Wildman–Crippen MR) is 110 cm³/mol. The van der Waals surface area contributed by atoms with E-state index in [0.717, 1.165) is 11.3 Å². The zero-order valence-corrected chi connectivity index (χ0v) is 16.8. The van der Waals surface area contributed by atoms with Crippen LogP contribution in [0.3, 0.4) is 0 Å². The van der Waals surface area contributed by atoms with Crippen LogP contribution in [-0.2, 0) is 4.79 Å². The summed E-state index contributed by atoms with van der Waals surface area (Å²) in [6, 6.07) is 8.54. The minimum atomic E-state index is -0.548. The molecular weight excluding hydrogens is 372 g/mol. The van der Waals surface area contributed by atoms with E-state index in [1.165, 1.54) is 49.9 Å². The number of rotatable bonds is 7. The Bertz CT molecular complexity index is 913. The third kappa shape index (κ3) is 5.01. The van der Waals surface area contributed by atoms with Gasteiger partial charge in [0.25, 0.3) is 5.91 Å². The standard InChI is InChI=1S/C21H26N4O4/c1-15-12-17(16(2)24(15)18-8-4-3-5-9-18)13-22-23-21(26)14-29-20-11-7-6-10-19(20)25(27)28/h6-7,10-13,18H,3-5,8-9,14H2,1-2H3,(H,23,26)/b22-13-. The molecule has 3 rings (SSSR count). The van der Waals surface area contributed by atoms with Crippen LogP contribution in [0.15, 0.2) is 35.4 Å². The summed E-state index contributed by atoms with van der Waals surface area (Å²) >= 11 is 0. The molecule has 1 heterocycles. The Morgan fingerprint density at radius 3 is 2.76 bits per heavy atom. The van der Waals surface area contributed by atoms with E-state index in [1.807, 2.05) is 0 Å². The molecule has 0 unspecified atom stereocenters. The third-order valence-electron chi connectivity index (χ3n) is 5.28. The first-order valence-corrected chi connectivity index (χ1v) is 9.84. The topological polar surface area (TPSA) is 98.8 Å². The van der Waals surface area contributed by atoms with Crippen molar-refractivity contribution in [3.05, 3.63) is 57.4 Å². The molecule has 1 aliphatic rings. The van der Waals surface area contributed by atoms with Gasteiger partial charge in [0.05, 0.1) is 11.1 Å². The Morgan fingerprint density at radius 1 is 1.31 bits per heavy atom. The first-order chi connectivity index (χ1) is 14.0. The number of ether oxygens (including phenoxy) is 1. The SMILES string of the molecule is Cc1cc(/C=N\NC(=O)COc2ccccc2[N+](=O)[O-])c(C)n1C1CCCCC1. The molecule has 8 heteroatoms. The van der Waals surface area contributed by atoms with Crippen molar-refractivity contribution in [2.45, 2.75) is 52.0 Å². The summed E-state index contributed by atoms with van der Waals surface area (Å²) in [5, 5.41) is 15.0. The number of nitrogens with zero attached hydrogens (tertiary/aromatic N) is 3. The molecule has 1 fully saturated rings. The van der Waals surface area contributed by atoms with Gasteiger partial charge >= 0.3 is 5.69 Å². The molecule has 1 aromatic heterocycles. The van der Waals surface area contributed by atoms with Crippen LogP contribution in [0.5, 0.6) is 5.75 Å². The van der Waals surface area contributed by atoms with Crippen LogP contribution in [0.2, 0.25) is 0 Å². The van der Waals surface area contributed by atoms with E-state index in [1.54, 1.807) is 18.3 Å². The van der Waals surface area contributed by atoms with Crippen molar-refractivity contribution in [3.63, 3.8) is 0 Å². The smallest absolute Gasteiger partial charge is 0.310 e. The lowest BCUT2D eigenvalue weighted by atomic mass is 9.95. The highest BCUT2D eigenvalue weighted by Gasteiger charge is 2.19. The number of para-hydroxylation sites is 2. The molecule has 1 aromatic carbocycles. The summed E-state index contributed by atoms with van der Waals surface area (Å²) in [5.41, 5.74) is 5.53. The fourth-order valence-electron chi connectivity index (χ4n) is 3.91. The lowest BCUT2D eigenvalue weighted by Gasteiger charge is -2.26. The fraction of sp³-hybridized carbons (Fsp3) is 0.429. The maximum Gasteiger partial charge on any atom is 0.310 e. The normalized spacial score (nSPS) is 14.8. The van der Waals surface area contributed by atoms with Gasteiger partial charge in [-0.1, -0.05) is 31.4 Å². The summed E-state index contributed by atoms with van der Waals surface area (Å²) in [6.07, 6.45) is 7.87. The van der Waals surface area contributed by atoms with Gasteiger partial charge in [-0.25, -0.2) is 5.43 Å². The van der Waals surface area contributed by atoms with Gasteiger partial charge in [-0.05, 0) is 38.8 Å². The number of hydrogen-bond donors (Lipinski definition) is 1. The molecule has 1 aliphatic carbocycles. The first kappa shape index (κ1) is 20.6. The van der Waals surface area contributed by atoms with E-state index in [4.69, 9.17) is 4.74 Å². The van der Waals surface area contributed by atoms with Crippen LogP contribution in [0.1, 0.15) is 55.1 Å². The van der Waals surface area contributed by atoms with Crippen molar-refractivity contribution in [3.8, 4) is 5.75 Å². The summed E-state index contributed by atoms with van der Waals surface area (Å²) in [4.78, 5) is 22.4. The number of carbonyl (C=O) groups excluding carboxylic acids is 1. The number of aromatic nitrogens is 1. The Balaban J connectivity index is 1.57. The van der Waals surface area contributed by atoms with Gasteiger partial charge in [0.2, 0.25) is 0 Å². The average molecular weight is 398 g/mol. The number of aryl methyl sites for hydroxylation is 1. The van der Waals surface area contributed by atoms with E-state index < -0.39 is 10.8 Å². The second-order valence-corrected chi connectivity index (χ2v) is 7.29. The second-order valence-electron chi connectivity index (χ2n) is 7.29. The highest BCUT2D eigenvalue weighted by Crippen LogP contribution is 2.31. The molecular formula is C21H26N4O4. The zero-order valence-electron chi connectivity index (χ0n) is 16.8. The molecule has 1 saturated carbocycles. The Kier molecular flexibility index (Phi) is 6.64. The molecule has 154 valence electrons. The van der Waals surface area contributed by atoms with Gasteiger partial charge in [-0.3, -0.25) is 14.9 Å². The van der Waals surface area contributed by atoms with E-state index in [9.17, 15) is 14.9 Å². The van der Waals surface area contributed by atoms with Crippen LogP contribution < -0.4 is 10.2 Å². The van der Waals surface area contributed by atoms with Crippen molar-refractivity contribution in [1.29, 1.82) is 0 Å². The molecule has 0 aliphatic heterocycles. The Morgan fingerprint density at radius 2 is 2.03 bits per heavy atom. The number of hydrazone groups is 1. The summed E-state index contributed by atoms with van der Waals surface area (Å²) < 4.78 is 7.63. The monoisotopic (exact) mass is 398 g/mol. The molecule has 0 saturated heterocycles. The lowest BCUT2D eigenvalue weighted by molar-refractivity contribution is -0.385. The average Bonchev–Trinajstić information content (AvgIpc) is 3.00. The zero-order chi connectivity index (χ0) is 20.8. The largest absolute Gasteiger partial charge is 0.477 e. The van der Waals surface area contributed by atoms with Gasteiger partial charge in [-0.15, -0.1) is 0 Å². The highest BCUT2D eigenvalue weighted by atomic mass is 16.6. The van der Waals surface area contributed by atoms with Gasteiger partial charge in [0, 0.05) is 29.1 Å². The second kappa shape index (κ2) is 9.36. The number of hydrogen-bond acceptors (Lipinski definition) is 5. The number of nitro groups is 1. The maximum absolute atomic E-state index is 12.0. The molecule has 1 N–H and O–H groups in total. The minimum Gasteiger partial charge on any atom is -0.477 e. The van der Waals surface area contributed by atoms with E-state index in [2.05, 4.69) is 35.0 Å². The van der Waals surface area contributed by atoms with Crippen LogP contribution >= 0.6 is 0 Å². The minimum absolute atomic E-state index is 0.0488. The van der Waals surface area contributed by atoms with Crippen LogP contribution in [0.25, 0.3) is 0 Å². The molecule has 0 atom stereocenters. The molecule has 1 amide bonds. The van der Waals surface area contributed by atoms with Crippen molar-refractivity contribution in [1.82, 2.24) is 9.99 Å². The molecule has 8 nitrogen and oxygen atoms in total. The lowest BCUT2D eigenvalue weighted by Crippen LogP contribution is -2.24. The van der Waals surface area contributed by atoms with Crippen LogP contribution in [0.4, 0.5) is 5.69 Å². The number of nitrogens with one attached hydrogen (secondary N) is 1. The molecule has 29 heavy (non-hydrogen) atoms. The molecule has 0 radical (unpaired) electrons. The van der Waals surface area contributed by atoms with Gasteiger partial charge < -0.3 is 9.30 Å². The Hall–Kier alpha value is -3.16. The van der Waals surface area contributed by atoms with Crippen LogP contribution in [-0.4, -0.2) is 28.2 Å². The summed E-state index contributed by atoms with van der Waals surface area (Å²) in [5.74, 6) is -0.437. The van der Waals surface area contributed by atoms with Crippen LogP contribution in [0, 0.1) is 24.0 Å². The van der Waals surface area contributed by atoms with Crippen molar-refractivity contribution in [2.75, 3.05) is 6.61 Å². The maximum atomic E-state index is 12.0. The highest BCUT2D eigenvalue weighted by molar-refractivity contribution is 5.84. The number of amides is 1. The van der Waals surface area contributed by atoms with E-state index >= 15 is 0 Å². The molecule has 0 spiro atoms. The predicted octanol–water partition coefficient (Wildman–Crippen LogP) is 4.05. The Labute approximate surface area is 169 Å². The van der Waals surface area contributed by atoms with Crippen molar-refractivity contribution >= 4 is 17.8 Å². The van der Waals surface area contributed by atoms with Crippen molar-refractivity contribution < 1.29 is 14.5 Å². The number of benzene rings is 1. The van der Waals surface area contributed by atoms with Crippen molar-refractivity contribution in [2.24, 2.45) is 5.10 Å². The first-order valence-electron chi connectivity index (χ1n) is 9.84. The van der Waals surface area contributed by atoms with E-state index in [0.29, 0.717) is 6.04 Å². The third-order valence-corrected chi connectivity index (χ3v) is 5.28. The quantitative estimate of drug-likeness (QED) is 0.432. The summed E-state index contributed by atoms with van der Waals surface area (Å²) in [6.45, 7) is 3.81. The number of carbonyl (C=O) groups is 1. The van der Waals surface area contributed by atoms with Gasteiger partial charge in [0.1, 0.15) is 0 Å². The molecule has 0 bridgehead atoms. The molecule has 2 aromatic rings. The summed E-state index contributed by atoms with van der Waals surface area (Å²) in [7, 11) is 0. The van der Waals surface area contributed by atoms with E-state index in [-0.39, 0.29) is 18.0 Å².